The normalized spacial score (nSPS) is 15.2. The van der Waals surface area contributed by atoms with Gasteiger partial charge in [0.1, 0.15) is 17.1 Å². The van der Waals surface area contributed by atoms with Crippen LogP contribution < -0.4 is 15.0 Å². The Morgan fingerprint density at radius 3 is 2.39 bits per heavy atom. The molecule has 1 heterocycles. The van der Waals surface area contributed by atoms with Gasteiger partial charge in [-0.15, -0.1) is 0 Å². The second-order valence-electron chi connectivity index (χ2n) is 6.92. The maximum absolute atomic E-state index is 13.1. The Morgan fingerprint density at radius 1 is 0.968 bits per heavy atom. The van der Waals surface area contributed by atoms with E-state index in [1.54, 1.807) is 48.5 Å². The summed E-state index contributed by atoms with van der Waals surface area (Å²) < 4.78 is 5.88. The van der Waals surface area contributed by atoms with E-state index in [0.29, 0.717) is 27.8 Å². The standard InChI is InChI=1S/C24H17ClN2O3S/c1-15-5-11-19(12-6-15)30-20-4-2-3-16(13-20)14-21-22(28)26-24(31)27(23(21)29)18-9-7-17(25)8-10-18/h2-14H,1H3,(H,26,28,31). The van der Waals surface area contributed by atoms with Gasteiger partial charge in [0.15, 0.2) is 5.11 Å². The van der Waals surface area contributed by atoms with Gasteiger partial charge in [-0.2, -0.15) is 0 Å². The number of hydrogen-bond donors (Lipinski definition) is 1. The molecule has 1 aliphatic heterocycles. The van der Waals surface area contributed by atoms with Gasteiger partial charge < -0.3 is 4.74 Å². The van der Waals surface area contributed by atoms with Crippen LogP contribution in [0, 0.1) is 6.92 Å². The van der Waals surface area contributed by atoms with Crippen LogP contribution in [-0.4, -0.2) is 16.9 Å². The molecule has 7 heteroatoms. The predicted octanol–water partition coefficient (Wildman–Crippen LogP) is 5.27. The van der Waals surface area contributed by atoms with Gasteiger partial charge in [0.05, 0.1) is 5.69 Å². The minimum absolute atomic E-state index is 0.0194. The van der Waals surface area contributed by atoms with Crippen LogP contribution in [-0.2, 0) is 9.59 Å². The summed E-state index contributed by atoms with van der Waals surface area (Å²) in [5.41, 5.74) is 2.26. The van der Waals surface area contributed by atoms with Crippen molar-refractivity contribution in [3.05, 3.63) is 94.5 Å². The third-order valence-corrected chi connectivity index (χ3v) is 5.15. The van der Waals surface area contributed by atoms with Crippen LogP contribution >= 0.6 is 23.8 Å². The smallest absolute Gasteiger partial charge is 0.270 e. The lowest BCUT2D eigenvalue weighted by Crippen LogP contribution is -2.54. The fourth-order valence-corrected chi connectivity index (χ4v) is 3.47. The lowest BCUT2D eigenvalue weighted by atomic mass is 10.1. The Morgan fingerprint density at radius 2 is 1.68 bits per heavy atom. The summed E-state index contributed by atoms with van der Waals surface area (Å²) in [5, 5.41) is 3.12. The number of carbonyl (C=O) groups excluding carboxylic acids is 2. The third-order valence-electron chi connectivity index (χ3n) is 4.61. The second kappa shape index (κ2) is 8.71. The molecule has 0 unspecified atom stereocenters. The first-order valence-electron chi connectivity index (χ1n) is 9.42. The van der Waals surface area contributed by atoms with Crippen molar-refractivity contribution < 1.29 is 14.3 Å². The number of amides is 2. The predicted molar refractivity (Wildman–Crippen MR) is 125 cm³/mol. The van der Waals surface area contributed by atoms with Crippen molar-refractivity contribution in [3.63, 3.8) is 0 Å². The SMILES string of the molecule is Cc1ccc(Oc2cccc(C=C3C(=O)NC(=S)N(c4ccc(Cl)cc4)C3=O)c2)cc1. The van der Waals surface area contributed by atoms with E-state index in [-0.39, 0.29) is 10.7 Å². The highest BCUT2D eigenvalue weighted by molar-refractivity contribution is 7.80. The van der Waals surface area contributed by atoms with Crippen molar-refractivity contribution in [2.75, 3.05) is 4.90 Å². The molecule has 31 heavy (non-hydrogen) atoms. The summed E-state index contributed by atoms with van der Waals surface area (Å²) in [6.07, 6.45) is 1.52. The number of anilines is 1. The van der Waals surface area contributed by atoms with Crippen LogP contribution in [0.3, 0.4) is 0 Å². The monoisotopic (exact) mass is 448 g/mol. The molecule has 154 valence electrons. The second-order valence-corrected chi connectivity index (χ2v) is 7.75. The topological polar surface area (TPSA) is 58.6 Å². The first-order valence-corrected chi connectivity index (χ1v) is 10.2. The molecule has 0 aliphatic carbocycles. The summed E-state index contributed by atoms with van der Waals surface area (Å²) in [4.78, 5) is 26.8. The Bertz CT molecular complexity index is 1200. The molecule has 4 rings (SSSR count). The average molecular weight is 449 g/mol. The van der Waals surface area contributed by atoms with Crippen molar-refractivity contribution in [2.45, 2.75) is 6.92 Å². The van der Waals surface area contributed by atoms with Gasteiger partial charge in [0, 0.05) is 5.02 Å². The molecule has 1 N–H and O–H groups in total. The zero-order valence-corrected chi connectivity index (χ0v) is 18.0. The molecule has 0 bridgehead atoms. The third kappa shape index (κ3) is 4.66. The van der Waals surface area contributed by atoms with Gasteiger partial charge in [-0.25, -0.2) is 0 Å². The van der Waals surface area contributed by atoms with E-state index in [2.05, 4.69) is 5.32 Å². The molecule has 1 saturated heterocycles. The minimum atomic E-state index is -0.551. The number of halogens is 1. The highest BCUT2D eigenvalue weighted by atomic mass is 35.5. The molecule has 3 aromatic carbocycles. The van der Waals surface area contributed by atoms with Crippen molar-refractivity contribution in [2.24, 2.45) is 0 Å². The van der Waals surface area contributed by atoms with Crippen LogP contribution in [0.2, 0.25) is 5.02 Å². The number of nitrogens with one attached hydrogen (secondary N) is 1. The molecular weight excluding hydrogens is 432 g/mol. The molecular formula is C24H17ClN2O3S. The van der Waals surface area contributed by atoms with Crippen LogP contribution in [0.15, 0.2) is 78.4 Å². The molecule has 0 aromatic heterocycles. The fraction of sp³-hybridized carbons (Fsp3) is 0.0417. The van der Waals surface area contributed by atoms with Gasteiger partial charge in [-0.05, 0) is 79.3 Å². The Balaban J connectivity index is 1.63. The molecule has 1 aliphatic rings. The zero-order chi connectivity index (χ0) is 22.0. The number of ether oxygens (including phenoxy) is 1. The summed E-state index contributed by atoms with van der Waals surface area (Å²) in [6, 6.07) is 21.4. The van der Waals surface area contributed by atoms with Gasteiger partial charge in [-0.3, -0.25) is 19.8 Å². The van der Waals surface area contributed by atoms with Gasteiger partial charge >= 0.3 is 0 Å². The van der Waals surface area contributed by atoms with E-state index >= 15 is 0 Å². The molecule has 2 amide bonds. The van der Waals surface area contributed by atoms with Crippen LogP contribution in [0.25, 0.3) is 6.08 Å². The number of thiocarbonyl (C=S) groups is 1. The first-order chi connectivity index (χ1) is 14.9. The molecule has 3 aromatic rings. The molecule has 0 spiro atoms. The van der Waals surface area contributed by atoms with Gasteiger partial charge in [-0.1, -0.05) is 41.4 Å². The highest BCUT2D eigenvalue weighted by Gasteiger charge is 2.34. The molecule has 5 nitrogen and oxygen atoms in total. The van der Waals surface area contributed by atoms with E-state index < -0.39 is 11.8 Å². The van der Waals surface area contributed by atoms with Gasteiger partial charge in [0.25, 0.3) is 11.8 Å². The maximum atomic E-state index is 13.1. The van der Waals surface area contributed by atoms with Crippen LogP contribution in [0.4, 0.5) is 5.69 Å². The van der Waals surface area contributed by atoms with Crippen LogP contribution in [0.1, 0.15) is 11.1 Å². The minimum Gasteiger partial charge on any atom is -0.457 e. The maximum Gasteiger partial charge on any atom is 0.270 e. The van der Waals surface area contributed by atoms with Crippen molar-refractivity contribution in [3.8, 4) is 11.5 Å². The van der Waals surface area contributed by atoms with E-state index in [0.717, 1.165) is 5.56 Å². The number of carbonyl (C=O) groups is 2. The largest absolute Gasteiger partial charge is 0.457 e. The fourth-order valence-electron chi connectivity index (χ4n) is 3.06. The Kier molecular flexibility index (Phi) is 5.84. The summed E-state index contributed by atoms with van der Waals surface area (Å²) >= 11 is 11.1. The Labute approximate surface area is 189 Å². The van der Waals surface area contributed by atoms with Crippen molar-refractivity contribution >= 4 is 52.5 Å². The van der Waals surface area contributed by atoms with Crippen LogP contribution in [0.5, 0.6) is 11.5 Å². The molecule has 1 fully saturated rings. The van der Waals surface area contributed by atoms with E-state index in [4.69, 9.17) is 28.6 Å². The lowest BCUT2D eigenvalue weighted by molar-refractivity contribution is -0.122. The number of benzene rings is 3. The highest BCUT2D eigenvalue weighted by Crippen LogP contribution is 2.26. The quantitative estimate of drug-likeness (QED) is 0.335. The van der Waals surface area contributed by atoms with Crippen molar-refractivity contribution in [1.82, 2.24) is 5.32 Å². The van der Waals surface area contributed by atoms with Crippen molar-refractivity contribution in [1.29, 1.82) is 0 Å². The zero-order valence-electron chi connectivity index (χ0n) is 16.5. The summed E-state index contributed by atoms with van der Waals surface area (Å²) in [5.74, 6) is 0.221. The first kappa shape index (κ1) is 20.8. The molecule has 0 saturated carbocycles. The summed E-state index contributed by atoms with van der Waals surface area (Å²) in [7, 11) is 0. The Hall–Kier alpha value is -3.48. The average Bonchev–Trinajstić information content (AvgIpc) is 2.74. The van der Waals surface area contributed by atoms with E-state index in [1.807, 2.05) is 31.2 Å². The number of rotatable bonds is 4. The molecule has 0 radical (unpaired) electrons. The van der Waals surface area contributed by atoms with Gasteiger partial charge in [0.2, 0.25) is 0 Å². The number of hydrogen-bond acceptors (Lipinski definition) is 4. The lowest BCUT2D eigenvalue weighted by Gasteiger charge is -2.29. The number of aryl methyl sites for hydroxylation is 1. The van der Waals surface area contributed by atoms with E-state index in [1.165, 1.54) is 11.0 Å². The summed E-state index contributed by atoms with van der Waals surface area (Å²) in [6.45, 7) is 2.00. The molecule has 0 atom stereocenters. The number of nitrogens with zero attached hydrogens (tertiary/aromatic N) is 1. The van der Waals surface area contributed by atoms with E-state index in [9.17, 15) is 9.59 Å².